The molecule has 0 saturated heterocycles. The van der Waals surface area contributed by atoms with Gasteiger partial charge in [0.2, 0.25) is 23.6 Å². The van der Waals surface area contributed by atoms with E-state index in [1.807, 2.05) is 0 Å². The second kappa shape index (κ2) is 23.6. The standard InChI is InChI=1S/C30H53N5O10/c1-4-5-6-7-8-9-10-11-12-16-24(36)32-19(2)26(39)34-23(17-18-25(37)38)28(41)35-22(15-13-14-21(31)30(44)45)27(40)33-20(3)29(42)43/h19-23H,4-18,31H2,1-3H3,(H,32,36)(H,33,40)(H,34,39)(H,35,41)(H,37,38)(H,42,43)(H,44,45). The van der Waals surface area contributed by atoms with Crippen LogP contribution in [0.5, 0.6) is 0 Å². The summed E-state index contributed by atoms with van der Waals surface area (Å²) in [6.45, 7) is 4.80. The van der Waals surface area contributed by atoms with Gasteiger partial charge in [-0.15, -0.1) is 0 Å². The summed E-state index contributed by atoms with van der Waals surface area (Å²) in [7, 11) is 0. The van der Waals surface area contributed by atoms with Crippen molar-refractivity contribution in [3.63, 3.8) is 0 Å². The molecular weight excluding hydrogens is 590 g/mol. The predicted octanol–water partition coefficient (Wildman–Crippen LogP) is 1.42. The van der Waals surface area contributed by atoms with E-state index < -0.39 is 72.3 Å². The van der Waals surface area contributed by atoms with Gasteiger partial charge in [0.25, 0.3) is 0 Å². The van der Waals surface area contributed by atoms with E-state index >= 15 is 0 Å². The molecule has 0 spiro atoms. The van der Waals surface area contributed by atoms with Crippen LogP contribution in [0.3, 0.4) is 0 Å². The summed E-state index contributed by atoms with van der Waals surface area (Å²) < 4.78 is 0. The first-order valence-electron chi connectivity index (χ1n) is 15.8. The molecule has 0 radical (unpaired) electrons. The maximum Gasteiger partial charge on any atom is 0.325 e. The number of nitrogens with one attached hydrogen (secondary N) is 4. The van der Waals surface area contributed by atoms with Crippen LogP contribution in [0.15, 0.2) is 0 Å². The summed E-state index contributed by atoms with van der Waals surface area (Å²) in [5.41, 5.74) is 5.50. The van der Waals surface area contributed by atoms with Gasteiger partial charge in [-0.3, -0.25) is 33.6 Å². The van der Waals surface area contributed by atoms with Crippen LogP contribution in [0.4, 0.5) is 0 Å². The van der Waals surface area contributed by atoms with Crippen LogP contribution in [0.1, 0.15) is 117 Å². The Hall–Kier alpha value is -3.75. The van der Waals surface area contributed by atoms with E-state index in [2.05, 4.69) is 28.2 Å². The first kappa shape index (κ1) is 41.2. The molecule has 0 aromatic carbocycles. The maximum absolute atomic E-state index is 13.2. The molecular formula is C30H53N5O10. The Bertz CT molecular complexity index is 977. The van der Waals surface area contributed by atoms with Crippen molar-refractivity contribution >= 4 is 41.5 Å². The highest BCUT2D eigenvalue weighted by Crippen LogP contribution is 2.11. The molecule has 0 rings (SSSR count). The Morgan fingerprint density at radius 1 is 0.556 bits per heavy atom. The molecule has 5 unspecified atom stereocenters. The number of amides is 4. The highest BCUT2D eigenvalue weighted by atomic mass is 16.4. The smallest absolute Gasteiger partial charge is 0.325 e. The quantitative estimate of drug-likeness (QED) is 0.0625. The number of hydrogen-bond donors (Lipinski definition) is 8. The second-order valence-corrected chi connectivity index (χ2v) is 11.4. The lowest BCUT2D eigenvalue weighted by atomic mass is 10.0. The highest BCUT2D eigenvalue weighted by Gasteiger charge is 2.30. The third-order valence-electron chi connectivity index (χ3n) is 7.25. The number of nitrogens with two attached hydrogens (primary N) is 1. The van der Waals surface area contributed by atoms with Crippen molar-refractivity contribution < 1.29 is 48.9 Å². The van der Waals surface area contributed by atoms with Crippen LogP contribution in [0.2, 0.25) is 0 Å². The van der Waals surface area contributed by atoms with Crippen molar-refractivity contribution in [2.24, 2.45) is 5.73 Å². The number of hydrogen-bond acceptors (Lipinski definition) is 8. The first-order valence-corrected chi connectivity index (χ1v) is 15.8. The largest absolute Gasteiger partial charge is 0.481 e. The van der Waals surface area contributed by atoms with Crippen LogP contribution < -0.4 is 27.0 Å². The molecule has 258 valence electrons. The van der Waals surface area contributed by atoms with E-state index in [9.17, 15) is 33.6 Å². The van der Waals surface area contributed by atoms with E-state index in [4.69, 9.17) is 21.1 Å². The van der Waals surface area contributed by atoms with Gasteiger partial charge in [0.1, 0.15) is 30.2 Å². The molecule has 0 aliphatic heterocycles. The molecule has 0 bridgehead atoms. The third kappa shape index (κ3) is 20.0. The molecule has 0 aromatic heterocycles. The third-order valence-corrected chi connectivity index (χ3v) is 7.25. The van der Waals surface area contributed by atoms with Crippen LogP contribution in [0.25, 0.3) is 0 Å². The Labute approximate surface area is 264 Å². The number of aliphatic carboxylic acids is 3. The van der Waals surface area contributed by atoms with Gasteiger partial charge in [0.05, 0.1) is 0 Å². The summed E-state index contributed by atoms with van der Waals surface area (Å²) >= 11 is 0. The molecule has 0 aliphatic rings. The van der Waals surface area contributed by atoms with Crippen molar-refractivity contribution in [2.75, 3.05) is 0 Å². The molecule has 0 saturated carbocycles. The molecule has 5 atom stereocenters. The van der Waals surface area contributed by atoms with Crippen LogP contribution >= 0.6 is 0 Å². The van der Waals surface area contributed by atoms with Gasteiger partial charge in [0.15, 0.2) is 0 Å². The van der Waals surface area contributed by atoms with Crippen molar-refractivity contribution in [1.29, 1.82) is 0 Å². The van der Waals surface area contributed by atoms with Crippen molar-refractivity contribution in [3.05, 3.63) is 0 Å². The average molecular weight is 644 g/mol. The summed E-state index contributed by atoms with van der Waals surface area (Å²) in [5.74, 6) is -6.69. The van der Waals surface area contributed by atoms with Crippen LogP contribution in [0, 0.1) is 0 Å². The minimum Gasteiger partial charge on any atom is -0.481 e. The number of carboxylic acids is 3. The lowest BCUT2D eigenvalue weighted by Gasteiger charge is -2.25. The number of unbranched alkanes of at least 4 members (excludes halogenated alkanes) is 8. The molecule has 45 heavy (non-hydrogen) atoms. The fraction of sp³-hybridized carbons (Fsp3) is 0.767. The Kier molecular flexibility index (Phi) is 21.6. The zero-order chi connectivity index (χ0) is 34.4. The predicted molar refractivity (Wildman–Crippen MR) is 165 cm³/mol. The number of carboxylic acid groups (broad SMARTS) is 3. The number of rotatable bonds is 26. The van der Waals surface area contributed by atoms with Gasteiger partial charge in [-0.1, -0.05) is 58.3 Å². The monoisotopic (exact) mass is 643 g/mol. The van der Waals surface area contributed by atoms with E-state index in [1.165, 1.54) is 46.0 Å². The lowest BCUT2D eigenvalue weighted by molar-refractivity contribution is -0.142. The van der Waals surface area contributed by atoms with Crippen molar-refractivity contribution in [3.8, 4) is 0 Å². The van der Waals surface area contributed by atoms with Gasteiger partial charge >= 0.3 is 17.9 Å². The summed E-state index contributed by atoms with van der Waals surface area (Å²) in [6, 6.07) is -6.30. The van der Waals surface area contributed by atoms with Gasteiger partial charge in [-0.05, 0) is 46.0 Å². The molecule has 15 nitrogen and oxygen atoms in total. The van der Waals surface area contributed by atoms with Gasteiger partial charge in [-0.2, -0.15) is 0 Å². The molecule has 0 aliphatic carbocycles. The molecule has 9 N–H and O–H groups in total. The van der Waals surface area contributed by atoms with Crippen molar-refractivity contribution in [2.45, 2.75) is 147 Å². The van der Waals surface area contributed by atoms with E-state index in [1.54, 1.807) is 0 Å². The summed E-state index contributed by atoms with van der Waals surface area (Å²) in [5, 5.41) is 36.9. The highest BCUT2D eigenvalue weighted by molar-refractivity contribution is 5.95. The first-order chi connectivity index (χ1) is 21.2. The van der Waals surface area contributed by atoms with E-state index in [0.29, 0.717) is 6.42 Å². The summed E-state index contributed by atoms with van der Waals surface area (Å²) in [4.78, 5) is 84.6. The normalized spacial score (nSPS) is 14.2. The molecule has 0 heterocycles. The maximum atomic E-state index is 13.2. The Balaban J connectivity index is 5.20. The SMILES string of the molecule is CCCCCCCCCCCC(=O)NC(C)C(=O)NC(CCC(=O)O)C(=O)NC(CCCC(N)C(=O)O)C(=O)NC(C)C(=O)O. The fourth-order valence-electron chi connectivity index (χ4n) is 4.39. The van der Waals surface area contributed by atoms with Crippen molar-refractivity contribution in [1.82, 2.24) is 21.3 Å². The zero-order valence-electron chi connectivity index (χ0n) is 26.8. The fourth-order valence-corrected chi connectivity index (χ4v) is 4.39. The average Bonchev–Trinajstić information content (AvgIpc) is 2.97. The van der Waals surface area contributed by atoms with E-state index in [0.717, 1.165) is 19.3 Å². The molecule has 0 aromatic rings. The minimum atomic E-state index is -1.40. The number of carbonyl (C=O) groups is 7. The van der Waals surface area contributed by atoms with Crippen LogP contribution in [-0.2, 0) is 33.6 Å². The summed E-state index contributed by atoms with van der Waals surface area (Å²) in [6.07, 6.45) is 9.07. The second-order valence-electron chi connectivity index (χ2n) is 11.4. The topological polar surface area (TPSA) is 254 Å². The number of carbonyl (C=O) groups excluding carboxylic acids is 4. The van der Waals surface area contributed by atoms with Gasteiger partial charge in [0, 0.05) is 12.8 Å². The molecule has 15 heteroatoms. The Morgan fingerprint density at radius 3 is 1.60 bits per heavy atom. The molecule has 0 fully saturated rings. The van der Waals surface area contributed by atoms with E-state index in [-0.39, 0.29) is 38.0 Å². The minimum absolute atomic E-state index is 0.0428. The van der Waals surface area contributed by atoms with Crippen LogP contribution in [-0.4, -0.2) is 87.1 Å². The Morgan fingerprint density at radius 2 is 1.07 bits per heavy atom. The van der Waals surface area contributed by atoms with Gasteiger partial charge < -0.3 is 42.3 Å². The lowest BCUT2D eigenvalue weighted by Crippen LogP contribution is -2.57. The zero-order valence-corrected chi connectivity index (χ0v) is 26.8. The molecule has 4 amide bonds. The van der Waals surface area contributed by atoms with Gasteiger partial charge in [-0.25, -0.2) is 0 Å².